The Bertz CT molecular complexity index is 670. The Kier molecular flexibility index (Phi) is 4.04. The minimum Gasteiger partial charge on any atom is -0.298 e. The summed E-state index contributed by atoms with van der Waals surface area (Å²) in [7, 11) is 0. The van der Waals surface area contributed by atoms with Gasteiger partial charge in [-0.2, -0.15) is 0 Å². The van der Waals surface area contributed by atoms with E-state index in [9.17, 15) is 4.79 Å². The number of benzene rings is 1. The van der Waals surface area contributed by atoms with Gasteiger partial charge in [0, 0.05) is 10.4 Å². The molecule has 4 heteroatoms. The molecule has 0 bridgehead atoms. The molecule has 0 saturated carbocycles. The maximum absolute atomic E-state index is 12.2. The van der Waals surface area contributed by atoms with E-state index in [2.05, 4.69) is 31.1 Å². The van der Waals surface area contributed by atoms with Crippen LogP contribution in [-0.4, -0.2) is 10.9 Å². The molecule has 3 rings (SSSR count). The highest BCUT2D eigenvalue weighted by atomic mass is 32.1. The van der Waals surface area contributed by atoms with Crippen molar-refractivity contribution in [3.8, 4) is 0 Å². The summed E-state index contributed by atoms with van der Waals surface area (Å²) in [5.74, 6) is 0.609. The number of carbonyl (C=O) groups excluding carboxylic acids is 1. The molecule has 0 spiro atoms. The molecule has 116 valence electrons. The van der Waals surface area contributed by atoms with Gasteiger partial charge in [-0.25, -0.2) is 4.98 Å². The van der Waals surface area contributed by atoms with Crippen molar-refractivity contribution in [1.29, 1.82) is 0 Å². The van der Waals surface area contributed by atoms with Crippen molar-refractivity contribution in [2.75, 3.05) is 5.32 Å². The first-order chi connectivity index (χ1) is 10.4. The molecule has 22 heavy (non-hydrogen) atoms. The topological polar surface area (TPSA) is 42.0 Å². The highest BCUT2D eigenvalue weighted by Crippen LogP contribution is 2.40. The summed E-state index contributed by atoms with van der Waals surface area (Å²) in [4.78, 5) is 18.2. The number of hydrogen-bond donors (Lipinski definition) is 1. The molecule has 1 amide bonds. The first-order valence-electron chi connectivity index (χ1n) is 7.78. The van der Waals surface area contributed by atoms with E-state index in [0.29, 0.717) is 16.9 Å². The van der Waals surface area contributed by atoms with Gasteiger partial charge in [0.2, 0.25) is 0 Å². The van der Waals surface area contributed by atoms with Crippen LogP contribution in [0.2, 0.25) is 0 Å². The fraction of sp³-hybridized carbons (Fsp3) is 0.444. The molecule has 0 saturated heterocycles. The fourth-order valence-electron chi connectivity index (χ4n) is 2.93. The first kappa shape index (κ1) is 15.2. The normalized spacial score (nSPS) is 17.9. The zero-order chi connectivity index (χ0) is 15.7. The summed E-state index contributed by atoms with van der Waals surface area (Å²) >= 11 is 1.64. The molecule has 1 aromatic heterocycles. The quantitative estimate of drug-likeness (QED) is 0.884. The first-order valence-corrected chi connectivity index (χ1v) is 8.60. The maximum Gasteiger partial charge on any atom is 0.257 e. The standard InChI is InChI=1S/C18H22N2OS/c1-18(2,3)13-9-10-14-15(11-13)22-17(19-14)20-16(21)12-7-5-4-6-8-12/h4-8,13H,9-11H2,1-3H3,(H,19,20,21)/t13-/m1/s1. The number of hydrogen-bond acceptors (Lipinski definition) is 3. The lowest BCUT2D eigenvalue weighted by Gasteiger charge is -2.33. The van der Waals surface area contributed by atoms with E-state index >= 15 is 0 Å². The van der Waals surface area contributed by atoms with Crippen molar-refractivity contribution >= 4 is 22.4 Å². The number of amides is 1. The lowest BCUT2D eigenvalue weighted by Crippen LogP contribution is -2.26. The molecule has 1 atom stereocenters. The maximum atomic E-state index is 12.2. The van der Waals surface area contributed by atoms with E-state index in [1.165, 1.54) is 17.0 Å². The van der Waals surface area contributed by atoms with Gasteiger partial charge in [-0.05, 0) is 42.7 Å². The molecule has 0 radical (unpaired) electrons. The van der Waals surface area contributed by atoms with Crippen LogP contribution < -0.4 is 5.32 Å². The molecule has 2 aromatic rings. The highest BCUT2D eigenvalue weighted by Gasteiger charge is 2.30. The number of nitrogens with one attached hydrogen (secondary N) is 1. The third-order valence-electron chi connectivity index (χ3n) is 4.42. The van der Waals surface area contributed by atoms with Gasteiger partial charge in [0.1, 0.15) is 0 Å². The summed E-state index contributed by atoms with van der Waals surface area (Å²) in [5, 5.41) is 3.67. The third-order valence-corrected chi connectivity index (χ3v) is 5.46. The number of aromatic nitrogens is 1. The molecule has 1 heterocycles. The lowest BCUT2D eigenvalue weighted by molar-refractivity contribution is 0.102. The van der Waals surface area contributed by atoms with Gasteiger partial charge >= 0.3 is 0 Å². The van der Waals surface area contributed by atoms with Crippen LogP contribution in [0.4, 0.5) is 5.13 Å². The molecule has 1 aromatic carbocycles. The molecule has 3 nitrogen and oxygen atoms in total. The number of thiazole rings is 1. The SMILES string of the molecule is CC(C)(C)[C@@H]1CCc2nc(NC(=O)c3ccccc3)sc2C1. The second kappa shape index (κ2) is 5.84. The van der Waals surface area contributed by atoms with Gasteiger partial charge in [-0.1, -0.05) is 39.0 Å². The van der Waals surface area contributed by atoms with E-state index < -0.39 is 0 Å². The van der Waals surface area contributed by atoms with Crippen molar-refractivity contribution in [2.45, 2.75) is 40.0 Å². The summed E-state index contributed by atoms with van der Waals surface area (Å²) in [6.45, 7) is 6.92. The van der Waals surface area contributed by atoms with Gasteiger partial charge in [0.25, 0.3) is 5.91 Å². The molecule has 1 aliphatic rings. The minimum atomic E-state index is -0.0842. The Hall–Kier alpha value is -1.68. The van der Waals surface area contributed by atoms with Crippen LogP contribution in [0.1, 0.15) is 48.1 Å². The smallest absolute Gasteiger partial charge is 0.257 e. The van der Waals surface area contributed by atoms with E-state index in [1.54, 1.807) is 11.3 Å². The molecule has 0 unspecified atom stereocenters. The van der Waals surface area contributed by atoms with Crippen LogP contribution in [0.3, 0.4) is 0 Å². The van der Waals surface area contributed by atoms with E-state index in [0.717, 1.165) is 18.0 Å². The van der Waals surface area contributed by atoms with Crippen LogP contribution in [0.25, 0.3) is 0 Å². The van der Waals surface area contributed by atoms with Crippen molar-refractivity contribution < 1.29 is 4.79 Å². The van der Waals surface area contributed by atoms with E-state index in [1.807, 2.05) is 30.3 Å². The van der Waals surface area contributed by atoms with Gasteiger partial charge in [-0.3, -0.25) is 10.1 Å². The Morgan fingerprint density at radius 3 is 2.68 bits per heavy atom. The highest BCUT2D eigenvalue weighted by molar-refractivity contribution is 7.15. The molecule has 1 N–H and O–H groups in total. The molecule has 0 aliphatic heterocycles. The molecular formula is C18H22N2OS. The van der Waals surface area contributed by atoms with Gasteiger partial charge in [0.15, 0.2) is 5.13 Å². The predicted octanol–water partition coefficient (Wildman–Crippen LogP) is 4.55. The van der Waals surface area contributed by atoms with Gasteiger partial charge in [-0.15, -0.1) is 11.3 Å². The molecule has 1 aliphatic carbocycles. The monoisotopic (exact) mass is 314 g/mol. The Morgan fingerprint density at radius 2 is 2.00 bits per heavy atom. The Morgan fingerprint density at radius 1 is 1.27 bits per heavy atom. The summed E-state index contributed by atoms with van der Waals surface area (Å²) in [6, 6.07) is 9.29. The number of fused-ring (bicyclic) bond motifs is 1. The Balaban J connectivity index is 1.73. The van der Waals surface area contributed by atoms with Crippen molar-refractivity contribution in [3.05, 3.63) is 46.5 Å². The van der Waals surface area contributed by atoms with Crippen molar-refractivity contribution in [1.82, 2.24) is 4.98 Å². The van der Waals surface area contributed by atoms with Crippen LogP contribution in [-0.2, 0) is 12.8 Å². The largest absolute Gasteiger partial charge is 0.298 e. The lowest BCUT2D eigenvalue weighted by atomic mass is 9.73. The number of anilines is 1. The number of aryl methyl sites for hydroxylation is 1. The number of nitrogens with zero attached hydrogens (tertiary/aromatic N) is 1. The van der Waals surface area contributed by atoms with E-state index in [-0.39, 0.29) is 5.91 Å². The predicted molar refractivity (Wildman–Crippen MR) is 91.5 cm³/mol. The second-order valence-corrected chi connectivity index (χ2v) is 8.10. The van der Waals surface area contributed by atoms with Gasteiger partial charge < -0.3 is 0 Å². The zero-order valence-electron chi connectivity index (χ0n) is 13.3. The van der Waals surface area contributed by atoms with Crippen LogP contribution in [0.15, 0.2) is 30.3 Å². The summed E-state index contributed by atoms with van der Waals surface area (Å²) < 4.78 is 0. The van der Waals surface area contributed by atoms with Crippen molar-refractivity contribution in [2.24, 2.45) is 11.3 Å². The number of rotatable bonds is 2. The summed E-state index contributed by atoms with van der Waals surface area (Å²) in [6.07, 6.45) is 3.29. The average molecular weight is 314 g/mol. The van der Waals surface area contributed by atoms with Crippen molar-refractivity contribution in [3.63, 3.8) is 0 Å². The van der Waals surface area contributed by atoms with Crippen LogP contribution >= 0.6 is 11.3 Å². The average Bonchev–Trinajstić information content (AvgIpc) is 2.88. The van der Waals surface area contributed by atoms with Crippen LogP contribution in [0.5, 0.6) is 0 Å². The van der Waals surface area contributed by atoms with Gasteiger partial charge in [0.05, 0.1) is 5.69 Å². The fourth-order valence-corrected chi connectivity index (χ4v) is 4.01. The Labute approximate surface area is 135 Å². The second-order valence-electron chi connectivity index (χ2n) is 7.01. The van der Waals surface area contributed by atoms with Crippen LogP contribution in [0, 0.1) is 11.3 Å². The number of carbonyl (C=O) groups is 1. The van der Waals surface area contributed by atoms with E-state index in [4.69, 9.17) is 0 Å². The summed E-state index contributed by atoms with van der Waals surface area (Å²) in [5.41, 5.74) is 2.17. The molecule has 0 fully saturated rings. The third kappa shape index (κ3) is 3.22. The molecular weight excluding hydrogens is 292 g/mol. The zero-order valence-corrected chi connectivity index (χ0v) is 14.2. The minimum absolute atomic E-state index is 0.0842.